The topological polar surface area (TPSA) is 67.7 Å². The van der Waals surface area contributed by atoms with E-state index in [-0.39, 0.29) is 11.3 Å². The number of hydrogen-bond acceptors (Lipinski definition) is 2. The highest BCUT2D eigenvalue weighted by Gasteiger charge is 2.21. The molecule has 0 aliphatic rings. The molecule has 0 atom stereocenters. The maximum absolute atomic E-state index is 7.54. The number of nitrogens with one attached hydrogen (secondary N) is 1. The molecule has 1 heterocycles. The third-order valence-electron chi connectivity index (χ3n) is 3.23. The fourth-order valence-electron chi connectivity index (χ4n) is 1.72. The van der Waals surface area contributed by atoms with Gasteiger partial charge in [0.2, 0.25) is 0 Å². The number of aryl methyl sites for hydroxylation is 1. The lowest BCUT2D eigenvalue weighted by Crippen LogP contribution is -2.31. The third-order valence-corrected chi connectivity index (χ3v) is 3.23. The van der Waals surface area contributed by atoms with Crippen molar-refractivity contribution in [1.29, 1.82) is 5.41 Å². The zero-order valence-electron chi connectivity index (χ0n) is 10.3. The van der Waals surface area contributed by atoms with Crippen molar-refractivity contribution in [1.82, 2.24) is 9.55 Å². The highest BCUT2D eigenvalue weighted by Crippen LogP contribution is 2.22. The first-order chi connectivity index (χ1) is 8.00. The summed E-state index contributed by atoms with van der Waals surface area (Å²) < 4.78 is 2.11. The summed E-state index contributed by atoms with van der Waals surface area (Å²) >= 11 is 0. The second kappa shape index (κ2) is 4.20. The minimum atomic E-state index is -0.259. The molecule has 0 spiro atoms. The van der Waals surface area contributed by atoms with Gasteiger partial charge in [0, 0.05) is 12.0 Å². The minimum absolute atomic E-state index is 0.238. The van der Waals surface area contributed by atoms with Crippen LogP contribution in [-0.4, -0.2) is 15.4 Å². The Morgan fingerprint density at radius 2 is 2.12 bits per heavy atom. The van der Waals surface area contributed by atoms with E-state index in [4.69, 9.17) is 11.1 Å². The maximum Gasteiger partial charge on any atom is 0.0963 e. The Morgan fingerprint density at radius 3 is 2.82 bits per heavy atom. The van der Waals surface area contributed by atoms with Gasteiger partial charge in [-0.3, -0.25) is 5.41 Å². The molecule has 1 aromatic heterocycles. The van der Waals surface area contributed by atoms with Crippen LogP contribution in [0.1, 0.15) is 20.3 Å². The summed E-state index contributed by atoms with van der Waals surface area (Å²) in [5.74, 6) is 0.238. The molecular weight excluding hydrogens is 212 g/mol. The molecule has 17 heavy (non-hydrogen) atoms. The van der Waals surface area contributed by atoms with Gasteiger partial charge < -0.3 is 10.3 Å². The van der Waals surface area contributed by atoms with Gasteiger partial charge in [0.25, 0.3) is 0 Å². The van der Waals surface area contributed by atoms with Crippen LogP contribution in [0.4, 0.5) is 0 Å². The highest BCUT2D eigenvalue weighted by molar-refractivity contribution is 5.82. The fourth-order valence-corrected chi connectivity index (χ4v) is 1.72. The Labute approximate surface area is 101 Å². The summed E-state index contributed by atoms with van der Waals surface area (Å²) in [6.07, 6.45) is 2.68. The number of rotatable bonds is 4. The van der Waals surface area contributed by atoms with Crippen molar-refractivity contribution >= 4 is 16.9 Å². The van der Waals surface area contributed by atoms with E-state index in [1.54, 1.807) is 0 Å². The van der Waals surface area contributed by atoms with Crippen LogP contribution in [-0.2, 0) is 6.54 Å². The van der Waals surface area contributed by atoms with E-state index in [1.165, 1.54) is 0 Å². The van der Waals surface area contributed by atoms with Crippen molar-refractivity contribution in [2.24, 2.45) is 11.1 Å². The van der Waals surface area contributed by atoms with Gasteiger partial charge >= 0.3 is 0 Å². The first-order valence-electron chi connectivity index (χ1n) is 5.75. The summed E-state index contributed by atoms with van der Waals surface area (Å²) in [7, 11) is 0. The average molecular weight is 230 g/mol. The largest absolute Gasteiger partial charge is 0.387 e. The molecule has 3 N–H and O–H groups in total. The first-order valence-corrected chi connectivity index (χ1v) is 5.75. The maximum atomic E-state index is 7.54. The Hall–Kier alpha value is -1.84. The zero-order chi connectivity index (χ0) is 12.5. The predicted octanol–water partition coefficient (Wildman–Crippen LogP) is 2.39. The van der Waals surface area contributed by atoms with E-state index in [2.05, 4.69) is 15.6 Å². The van der Waals surface area contributed by atoms with E-state index < -0.39 is 0 Å². The van der Waals surface area contributed by atoms with Gasteiger partial charge in [0.05, 0.1) is 23.2 Å². The highest BCUT2D eigenvalue weighted by atomic mass is 15.0. The molecule has 0 unspecified atom stereocenters. The molecule has 2 rings (SSSR count). The molecule has 0 radical (unpaired) electrons. The number of amidine groups is 1. The van der Waals surface area contributed by atoms with Crippen LogP contribution in [0.5, 0.6) is 0 Å². The average Bonchev–Trinajstić information content (AvgIpc) is 2.69. The molecule has 0 amide bonds. The third kappa shape index (κ3) is 2.30. The van der Waals surface area contributed by atoms with E-state index >= 15 is 0 Å². The normalized spacial score (nSPS) is 11.9. The minimum Gasteiger partial charge on any atom is -0.387 e. The Kier molecular flexibility index (Phi) is 2.88. The van der Waals surface area contributed by atoms with Crippen LogP contribution in [0.15, 0.2) is 30.6 Å². The van der Waals surface area contributed by atoms with Crippen LogP contribution >= 0.6 is 0 Å². The van der Waals surface area contributed by atoms with E-state index in [1.807, 2.05) is 38.4 Å². The standard InChI is InChI=1S/C13H18N4/c1-13(2,12(14)15)7-8-17-9-16-10-5-3-4-6-11(10)17/h3-6,9H,7-8H2,1-2H3,(H3,14,15). The number of fused-ring (bicyclic) bond motifs is 1. The SMILES string of the molecule is CC(C)(CCn1cnc2ccccc21)C(=N)N. The molecule has 0 aliphatic heterocycles. The van der Waals surface area contributed by atoms with Crippen molar-refractivity contribution in [3.63, 3.8) is 0 Å². The monoisotopic (exact) mass is 230 g/mol. The predicted molar refractivity (Wildman–Crippen MR) is 70.0 cm³/mol. The van der Waals surface area contributed by atoms with Crippen LogP contribution in [0.2, 0.25) is 0 Å². The molecule has 0 fully saturated rings. The summed E-state index contributed by atoms with van der Waals surface area (Å²) in [5, 5.41) is 7.54. The molecule has 0 saturated carbocycles. The number of hydrogen-bond donors (Lipinski definition) is 2. The Balaban J connectivity index is 2.17. The lowest BCUT2D eigenvalue weighted by atomic mass is 9.88. The van der Waals surface area contributed by atoms with Crippen molar-refractivity contribution in [3.05, 3.63) is 30.6 Å². The van der Waals surface area contributed by atoms with Crippen LogP contribution in [0.25, 0.3) is 11.0 Å². The summed E-state index contributed by atoms with van der Waals surface area (Å²) in [6, 6.07) is 8.06. The van der Waals surface area contributed by atoms with E-state index in [0.29, 0.717) is 0 Å². The number of nitrogens with zero attached hydrogens (tertiary/aromatic N) is 2. The number of imidazole rings is 1. The Bertz CT molecular complexity index is 539. The van der Waals surface area contributed by atoms with Crippen LogP contribution in [0.3, 0.4) is 0 Å². The number of nitrogens with two attached hydrogens (primary N) is 1. The van der Waals surface area contributed by atoms with Gasteiger partial charge in [-0.05, 0) is 18.6 Å². The molecule has 0 saturated heterocycles. The van der Waals surface area contributed by atoms with Crippen molar-refractivity contribution in [3.8, 4) is 0 Å². The number of para-hydroxylation sites is 2. The molecule has 1 aromatic carbocycles. The lowest BCUT2D eigenvalue weighted by molar-refractivity contribution is 0.431. The van der Waals surface area contributed by atoms with Gasteiger partial charge in [-0.25, -0.2) is 4.98 Å². The number of benzene rings is 1. The first kappa shape index (κ1) is 11.6. The summed E-state index contributed by atoms with van der Waals surface area (Å²) in [5.41, 5.74) is 7.46. The zero-order valence-corrected chi connectivity index (χ0v) is 10.3. The number of aromatic nitrogens is 2. The van der Waals surface area contributed by atoms with E-state index in [9.17, 15) is 0 Å². The fraction of sp³-hybridized carbons (Fsp3) is 0.385. The summed E-state index contributed by atoms with van der Waals surface area (Å²) in [6.45, 7) is 4.82. The van der Waals surface area contributed by atoms with Gasteiger partial charge in [-0.2, -0.15) is 0 Å². The van der Waals surface area contributed by atoms with E-state index in [0.717, 1.165) is 24.0 Å². The van der Waals surface area contributed by atoms with Crippen LogP contribution < -0.4 is 5.73 Å². The van der Waals surface area contributed by atoms with Crippen LogP contribution in [0, 0.1) is 10.8 Å². The van der Waals surface area contributed by atoms with Gasteiger partial charge in [0.1, 0.15) is 0 Å². The molecule has 0 aliphatic carbocycles. The molecule has 4 heteroatoms. The molecule has 90 valence electrons. The van der Waals surface area contributed by atoms with Gasteiger partial charge in [0.15, 0.2) is 0 Å². The molecular formula is C13H18N4. The lowest BCUT2D eigenvalue weighted by Gasteiger charge is -2.22. The van der Waals surface area contributed by atoms with Gasteiger partial charge in [-0.15, -0.1) is 0 Å². The quantitative estimate of drug-likeness (QED) is 0.625. The Morgan fingerprint density at radius 1 is 1.41 bits per heavy atom. The second-order valence-corrected chi connectivity index (χ2v) is 4.97. The second-order valence-electron chi connectivity index (χ2n) is 4.97. The summed E-state index contributed by atoms with van der Waals surface area (Å²) in [4.78, 5) is 4.34. The molecule has 0 bridgehead atoms. The van der Waals surface area contributed by atoms with Gasteiger partial charge in [-0.1, -0.05) is 26.0 Å². The molecule has 4 nitrogen and oxygen atoms in total. The van der Waals surface area contributed by atoms with Crippen molar-refractivity contribution in [2.45, 2.75) is 26.8 Å². The molecule has 2 aromatic rings. The smallest absolute Gasteiger partial charge is 0.0963 e. The van der Waals surface area contributed by atoms with Crippen molar-refractivity contribution < 1.29 is 0 Å². The van der Waals surface area contributed by atoms with Crippen molar-refractivity contribution in [2.75, 3.05) is 0 Å².